The average molecular weight is 313 g/mol. The first-order valence-electron chi connectivity index (χ1n) is 7.24. The quantitative estimate of drug-likeness (QED) is 0.371. The van der Waals surface area contributed by atoms with Crippen LogP contribution in [0.2, 0.25) is 0 Å². The van der Waals surface area contributed by atoms with E-state index in [-0.39, 0.29) is 18.8 Å². The van der Waals surface area contributed by atoms with Crippen molar-refractivity contribution >= 4 is 22.4 Å². The zero-order valence-electron chi connectivity index (χ0n) is 12.8. The molecule has 0 atom stereocenters. The highest BCUT2D eigenvalue weighted by Crippen LogP contribution is 2.25. The van der Waals surface area contributed by atoms with Gasteiger partial charge in [-0.1, -0.05) is 12.1 Å². The van der Waals surface area contributed by atoms with Crippen molar-refractivity contribution in [3.05, 3.63) is 52.9 Å². The van der Waals surface area contributed by atoms with Gasteiger partial charge in [-0.3, -0.25) is 9.13 Å². The Morgan fingerprint density at radius 2 is 1.87 bits per heavy atom. The third kappa shape index (κ3) is 2.45. The molecule has 1 heterocycles. The van der Waals surface area contributed by atoms with Gasteiger partial charge in [-0.2, -0.15) is 0 Å². The van der Waals surface area contributed by atoms with Gasteiger partial charge in [0.2, 0.25) is 0 Å². The van der Waals surface area contributed by atoms with Crippen molar-refractivity contribution in [1.29, 1.82) is 0 Å². The number of aliphatic hydroxyl groups excluding tert-OH is 1. The fraction of sp³-hybridized carbons (Fsp3) is 0.188. The van der Waals surface area contributed by atoms with E-state index in [2.05, 4.69) is 0 Å². The maximum Gasteiger partial charge on any atom is 0.333 e. The molecule has 0 radical (unpaired) electrons. The van der Waals surface area contributed by atoms with Gasteiger partial charge >= 0.3 is 5.69 Å². The SMILES string of the molecule is Cn1c(=O)n(-c2ccc(N(N)CCO)c(N)c2)c2ccccc21. The molecule has 23 heavy (non-hydrogen) atoms. The van der Waals surface area contributed by atoms with E-state index < -0.39 is 0 Å². The first-order chi connectivity index (χ1) is 11.0. The van der Waals surface area contributed by atoms with Gasteiger partial charge < -0.3 is 15.8 Å². The molecule has 3 aromatic rings. The van der Waals surface area contributed by atoms with Crippen LogP contribution in [-0.4, -0.2) is 27.4 Å². The Bertz CT molecular complexity index is 912. The number of aliphatic hydroxyl groups is 1. The summed E-state index contributed by atoms with van der Waals surface area (Å²) in [5, 5.41) is 10.3. The van der Waals surface area contributed by atoms with E-state index in [0.29, 0.717) is 17.1 Å². The minimum absolute atomic E-state index is 0.0690. The van der Waals surface area contributed by atoms with Gasteiger partial charge in [0.15, 0.2) is 0 Å². The molecule has 0 saturated heterocycles. The molecule has 7 heteroatoms. The molecule has 2 aromatic carbocycles. The molecule has 0 amide bonds. The Balaban J connectivity index is 2.15. The molecular weight excluding hydrogens is 294 g/mol. The lowest BCUT2D eigenvalue weighted by Gasteiger charge is -2.20. The van der Waals surface area contributed by atoms with Crippen LogP contribution in [0.3, 0.4) is 0 Å². The van der Waals surface area contributed by atoms with E-state index in [0.717, 1.165) is 11.0 Å². The third-order valence-electron chi connectivity index (χ3n) is 3.88. The van der Waals surface area contributed by atoms with Crippen LogP contribution < -0.4 is 22.3 Å². The predicted octanol–water partition coefficient (Wildman–Crippen LogP) is 0.584. The Morgan fingerprint density at radius 1 is 1.17 bits per heavy atom. The van der Waals surface area contributed by atoms with Crippen LogP contribution in [0, 0.1) is 0 Å². The predicted molar refractivity (Wildman–Crippen MR) is 91.5 cm³/mol. The zero-order valence-corrected chi connectivity index (χ0v) is 12.8. The van der Waals surface area contributed by atoms with Gasteiger partial charge in [0.25, 0.3) is 0 Å². The van der Waals surface area contributed by atoms with Crippen molar-refractivity contribution in [3.8, 4) is 5.69 Å². The van der Waals surface area contributed by atoms with E-state index in [4.69, 9.17) is 16.7 Å². The summed E-state index contributed by atoms with van der Waals surface area (Å²) in [5.41, 5.74) is 9.31. The second-order valence-electron chi connectivity index (χ2n) is 5.33. The summed E-state index contributed by atoms with van der Waals surface area (Å²) in [6.45, 7) is 0.207. The van der Waals surface area contributed by atoms with Crippen molar-refractivity contribution in [2.75, 3.05) is 23.9 Å². The number of hydrogen-bond acceptors (Lipinski definition) is 5. The second-order valence-corrected chi connectivity index (χ2v) is 5.33. The van der Waals surface area contributed by atoms with Crippen molar-refractivity contribution in [2.24, 2.45) is 12.9 Å². The van der Waals surface area contributed by atoms with Gasteiger partial charge in [0.05, 0.1) is 41.2 Å². The number of imidazole rings is 1. The molecule has 0 aliphatic carbocycles. The molecule has 120 valence electrons. The van der Waals surface area contributed by atoms with E-state index in [9.17, 15) is 4.79 Å². The number of benzene rings is 2. The maximum atomic E-state index is 12.5. The molecule has 0 bridgehead atoms. The molecule has 5 N–H and O–H groups in total. The summed E-state index contributed by atoms with van der Waals surface area (Å²) >= 11 is 0. The number of nitrogens with two attached hydrogens (primary N) is 2. The van der Waals surface area contributed by atoms with Crippen LogP contribution >= 0.6 is 0 Å². The topological polar surface area (TPSA) is 102 Å². The molecule has 0 fully saturated rings. The largest absolute Gasteiger partial charge is 0.397 e. The van der Waals surface area contributed by atoms with Crippen LogP contribution in [0.15, 0.2) is 47.3 Å². The molecule has 0 aliphatic rings. The molecule has 7 nitrogen and oxygen atoms in total. The lowest BCUT2D eigenvalue weighted by molar-refractivity contribution is 0.302. The molecule has 0 spiro atoms. The number of hydrogen-bond donors (Lipinski definition) is 3. The van der Waals surface area contributed by atoms with Gasteiger partial charge in [-0.05, 0) is 30.3 Å². The van der Waals surface area contributed by atoms with Crippen LogP contribution in [0.5, 0.6) is 0 Å². The standard InChI is InChI=1S/C16H19N5O2/c1-19-14-4-2-3-5-15(14)21(16(19)23)11-6-7-13(12(17)10-11)20(18)8-9-22/h2-7,10,22H,8-9,17-18H2,1H3. The summed E-state index contributed by atoms with van der Waals surface area (Å²) in [6, 6.07) is 12.8. The Kier molecular flexibility index (Phi) is 3.81. The van der Waals surface area contributed by atoms with E-state index in [1.54, 1.807) is 34.4 Å². The third-order valence-corrected chi connectivity index (χ3v) is 3.88. The monoisotopic (exact) mass is 313 g/mol. The Hall–Kier alpha value is -2.77. The number of nitrogens with zero attached hydrogens (tertiary/aromatic N) is 3. The van der Waals surface area contributed by atoms with E-state index in [1.165, 1.54) is 5.01 Å². The van der Waals surface area contributed by atoms with Crippen molar-refractivity contribution in [2.45, 2.75) is 0 Å². The van der Waals surface area contributed by atoms with Gasteiger partial charge in [0, 0.05) is 7.05 Å². The average Bonchev–Trinajstić information content (AvgIpc) is 2.79. The molecular formula is C16H19N5O2. The van der Waals surface area contributed by atoms with E-state index in [1.807, 2.05) is 24.3 Å². The summed E-state index contributed by atoms with van der Waals surface area (Å²) in [6.07, 6.45) is 0. The number of aromatic nitrogens is 2. The first kappa shape index (κ1) is 15.1. The van der Waals surface area contributed by atoms with Gasteiger partial charge in [0.1, 0.15) is 0 Å². The summed E-state index contributed by atoms with van der Waals surface area (Å²) in [7, 11) is 1.74. The minimum atomic E-state index is -0.140. The first-order valence-corrected chi connectivity index (χ1v) is 7.24. The number of para-hydroxylation sites is 2. The number of hydrazine groups is 1. The number of nitrogen functional groups attached to an aromatic ring is 1. The van der Waals surface area contributed by atoms with Crippen LogP contribution in [0.4, 0.5) is 11.4 Å². The van der Waals surface area contributed by atoms with Crippen LogP contribution in [0.1, 0.15) is 0 Å². The minimum Gasteiger partial charge on any atom is -0.397 e. The lowest BCUT2D eigenvalue weighted by atomic mass is 10.2. The van der Waals surface area contributed by atoms with Gasteiger partial charge in [-0.15, -0.1) is 0 Å². The van der Waals surface area contributed by atoms with Crippen molar-refractivity contribution in [1.82, 2.24) is 9.13 Å². The maximum absolute atomic E-state index is 12.5. The van der Waals surface area contributed by atoms with Crippen LogP contribution in [0.25, 0.3) is 16.7 Å². The smallest absolute Gasteiger partial charge is 0.333 e. The molecule has 0 unspecified atom stereocenters. The fourth-order valence-electron chi connectivity index (χ4n) is 2.71. The zero-order chi connectivity index (χ0) is 16.6. The number of anilines is 2. The number of fused-ring (bicyclic) bond motifs is 1. The summed E-state index contributed by atoms with van der Waals surface area (Å²) in [5.74, 6) is 5.84. The molecule has 1 aromatic heterocycles. The van der Waals surface area contributed by atoms with Crippen LogP contribution in [-0.2, 0) is 7.05 Å². The van der Waals surface area contributed by atoms with Crippen molar-refractivity contribution in [3.63, 3.8) is 0 Å². The highest BCUT2D eigenvalue weighted by Gasteiger charge is 2.13. The Labute approximate surface area is 132 Å². The second kappa shape index (κ2) is 5.79. The van der Waals surface area contributed by atoms with Crippen molar-refractivity contribution < 1.29 is 5.11 Å². The molecule has 3 rings (SSSR count). The molecule has 0 saturated carbocycles. The highest BCUT2D eigenvalue weighted by atomic mass is 16.3. The molecule has 0 aliphatic heterocycles. The summed E-state index contributed by atoms with van der Waals surface area (Å²) < 4.78 is 3.21. The number of aryl methyl sites for hydroxylation is 1. The highest BCUT2D eigenvalue weighted by molar-refractivity contribution is 5.79. The number of rotatable bonds is 4. The fourth-order valence-corrected chi connectivity index (χ4v) is 2.71. The lowest BCUT2D eigenvalue weighted by Crippen LogP contribution is -2.34. The van der Waals surface area contributed by atoms with E-state index >= 15 is 0 Å². The Morgan fingerprint density at radius 3 is 2.52 bits per heavy atom. The normalized spacial score (nSPS) is 11.1. The van der Waals surface area contributed by atoms with Gasteiger partial charge in [-0.25, -0.2) is 10.6 Å². The summed E-state index contributed by atoms with van der Waals surface area (Å²) in [4.78, 5) is 12.5.